The van der Waals surface area contributed by atoms with Gasteiger partial charge in [0.15, 0.2) is 5.43 Å². The summed E-state index contributed by atoms with van der Waals surface area (Å²) in [5.74, 6) is -0.450. The second kappa shape index (κ2) is 10.5. The number of unbranched alkanes of at least 4 members (excludes halogenated alkanes) is 3. The predicted molar refractivity (Wildman–Crippen MR) is 134 cm³/mol. The molecule has 1 saturated carbocycles. The first-order chi connectivity index (χ1) is 15.8. The molecular formula is C26H35ClN2O5. The summed E-state index contributed by atoms with van der Waals surface area (Å²) in [4.78, 5) is 24.4. The Balaban J connectivity index is 0.00000324. The number of aromatic nitrogens is 1. The maximum Gasteiger partial charge on any atom is 0.341 e. The highest BCUT2D eigenvalue weighted by atomic mass is 35.5. The first-order valence-electron chi connectivity index (χ1n) is 11.8. The molecule has 1 aromatic carbocycles. The second-order valence-corrected chi connectivity index (χ2v) is 9.88. The fourth-order valence-electron chi connectivity index (χ4n) is 5.70. The largest absolute Gasteiger partial charge is 0.497 e. The van der Waals surface area contributed by atoms with E-state index in [0.717, 1.165) is 55.5 Å². The van der Waals surface area contributed by atoms with Crippen LogP contribution in [0.25, 0.3) is 11.3 Å². The number of hydrogen-bond donors (Lipinski definition) is 2. The van der Waals surface area contributed by atoms with Crippen molar-refractivity contribution < 1.29 is 19.4 Å². The van der Waals surface area contributed by atoms with Gasteiger partial charge < -0.3 is 24.9 Å². The average Bonchev–Trinajstić information content (AvgIpc) is 3.05. The Bertz CT molecular complexity index is 1100. The van der Waals surface area contributed by atoms with Crippen molar-refractivity contribution in [3.05, 3.63) is 51.8 Å². The Morgan fingerprint density at radius 3 is 2.62 bits per heavy atom. The van der Waals surface area contributed by atoms with E-state index in [2.05, 4.69) is 19.9 Å². The SMILES string of the molecule is COc1ccc2c(c1)-c1cc(=O)c(C(=O)O)cn1C1C2C(OCCCCCCN)CC1(C)C.Cl. The number of rotatable bonds is 9. The number of halogens is 1. The van der Waals surface area contributed by atoms with Crippen LogP contribution in [0.15, 0.2) is 35.3 Å². The lowest BCUT2D eigenvalue weighted by Gasteiger charge is -2.40. The van der Waals surface area contributed by atoms with Crippen LogP contribution in [0.2, 0.25) is 0 Å². The first kappa shape index (κ1) is 26.3. The van der Waals surface area contributed by atoms with Crippen molar-refractivity contribution >= 4 is 18.4 Å². The van der Waals surface area contributed by atoms with E-state index >= 15 is 0 Å². The molecule has 3 N–H and O–H groups in total. The summed E-state index contributed by atoms with van der Waals surface area (Å²) < 4.78 is 13.9. The fourth-order valence-corrected chi connectivity index (χ4v) is 5.70. The highest BCUT2D eigenvalue weighted by Crippen LogP contribution is 2.59. The number of hydrogen-bond acceptors (Lipinski definition) is 5. The van der Waals surface area contributed by atoms with Crippen molar-refractivity contribution in [1.82, 2.24) is 4.57 Å². The van der Waals surface area contributed by atoms with Gasteiger partial charge in [0.2, 0.25) is 0 Å². The highest BCUT2D eigenvalue weighted by Gasteiger charge is 2.53. The van der Waals surface area contributed by atoms with Crippen LogP contribution in [-0.4, -0.2) is 42.0 Å². The number of benzene rings is 1. The van der Waals surface area contributed by atoms with E-state index in [1.807, 2.05) is 16.7 Å². The van der Waals surface area contributed by atoms with Crippen molar-refractivity contribution in [2.75, 3.05) is 20.3 Å². The molecule has 1 aliphatic carbocycles. The number of carboxylic acid groups (broad SMARTS) is 1. The Morgan fingerprint density at radius 2 is 1.94 bits per heavy atom. The standard InChI is InChI=1S/C26H34N2O5.ClH/c1-26(2)14-22(33-11-7-5-4-6-10-27)23-17-9-8-16(32-3)12-18(17)20-13-21(29)19(25(30)31)15-28(20)24(23)26;/h8-9,12-13,15,22-24H,4-7,10-11,14,27H2,1-3H3,(H,30,31);1H. The quantitative estimate of drug-likeness (QED) is 0.497. The Kier molecular flexibility index (Phi) is 8.11. The third kappa shape index (κ3) is 4.74. The maximum atomic E-state index is 12.6. The van der Waals surface area contributed by atoms with Crippen LogP contribution in [0, 0.1) is 5.41 Å². The van der Waals surface area contributed by atoms with Crippen LogP contribution in [0.5, 0.6) is 5.75 Å². The van der Waals surface area contributed by atoms with Gasteiger partial charge in [-0.2, -0.15) is 0 Å². The summed E-state index contributed by atoms with van der Waals surface area (Å²) in [6.07, 6.45) is 6.63. The van der Waals surface area contributed by atoms with Crippen LogP contribution in [-0.2, 0) is 4.74 Å². The number of fused-ring (bicyclic) bond motifs is 6. The molecule has 0 spiro atoms. The summed E-state index contributed by atoms with van der Waals surface area (Å²) in [5, 5.41) is 9.61. The number of carbonyl (C=O) groups is 1. The molecule has 0 amide bonds. The van der Waals surface area contributed by atoms with Gasteiger partial charge in [0.1, 0.15) is 11.3 Å². The number of methoxy groups -OCH3 is 1. The van der Waals surface area contributed by atoms with Crippen molar-refractivity contribution in [1.29, 1.82) is 0 Å². The number of pyridine rings is 1. The number of ether oxygens (including phenoxy) is 2. The van der Waals surface area contributed by atoms with Crippen molar-refractivity contribution in [2.24, 2.45) is 11.1 Å². The zero-order valence-corrected chi connectivity index (χ0v) is 20.9. The van der Waals surface area contributed by atoms with Gasteiger partial charge in [-0.05, 0) is 48.9 Å². The van der Waals surface area contributed by atoms with Gasteiger partial charge in [-0.25, -0.2) is 4.79 Å². The molecule has 0 saturated heterocycles. The number of nitrogens with two attached hydrogens (primary N) is 1. The molecule has 3 atom stereocenters. The van der Waals surface area contributed by atoms with Crippen molar-refractivity contribution in [3.63, 3.8) is 0 Å². The lowest BCUT2D eigenvalue weighted by atomic mass is 9.77. The van der Waals surface area contributed by atoms with Gasteiger partial charge >= 0.3 is 5.97 Å². The number of carboxylic acids is 1. The van der Waals surface area contributed by atoms with E-state index in [-0.39, 0.29) is 41.4 Å². The minimum atomic E-state index is -1.20. The lowest BCUT2D eigenvalue weighted by molar-refractivity contribution is 0.0374. The van der Waals surface area contributed by atoms with E-state index in [4.69, 9.17) is 15.2 Å². The van der Waals surface area contributed by atoms with E-state index in [9.17, 15) is 14.7 Å². The van der Waals surface area contributed by atoms with E-state index in [1.165, 1.54) is 12.3 Å². The molecule has 1 aliphatic heterocycles. The number of nitrogens with zero attached hydrogens (tertiary/aromatic N) is 1. The molecule has 186 valence electrons. The zero-order chi connectivity index (χ0) is 23.8. The smallest absolute Gasteiger partial charge is 0.341 e. The van der Waals surface area contributed by atoms with Crippen LogP contribution in [0.3, 0.4) is 0 Å². The third-order valence-electron chi connectivity index (χ3n) is 7.20. The fraction of sp³-hybridized carbons (Fsp3) is 0.538. The van der Waals surface area contributed by atoms with Crippen LogP contribution < -0.4 is 15.9 Å². The second-order valence-electron chi connectivity index (χ2n) is 9.88. The molecule has 1 fully saturated rings. The topological polar surface area (TPSA) is 104 Å². The molecule has 0 radical (unpaired) electrons. The summed E-state index contributed by atoms with van der Waals surface area (Å²) in [6.45, 7) is 5.82. The molecule has 1 aromatic heterocycles. The molecule has 3 unspecified atom stereocenters. The van der Waals surface area contributed by atoms with E-state index in [1.54, 1.807) is 7.11 Å². The normalized spacial score (nSPS) is 21.7. The molecule has 2 aromatic rings. The summed E-state index contributed by atoms with van der Waals surface area (Å²) in [7, 11) is 1.61. The summed E-state index contributed by atoms with van der Waals surface area (Å²) >= 11 is 0. The Hall–Kier alpha value is -2.35. The summed E-state index contributed by atoms with van der Waals surface area (Å²) in [5.41, 5.74) is 7.52. The van der Waals surface area contributed by atoms with Gasteiger partial charge in [0.25, 0.3) is 0 Å². The van der Waals surface area contributed by atoms with Crippen LogP contribution >= 0.6 is 12.4 Å². The zero-order valence-electron chi connectivity index (χ0n) is 20.1. The van der Waals surface area contributed by atoms with Crippen LogP contribution in [0.1, 0.15) is 73.8 Å². The van der Waals surface area contributed by atoms with Gasteiger partial charge in [-0.1, -0.05) is 32.8 Å². The number of aromatic carboxylic acids is 1. The third-order valence-corrected chi connectivity index (χ3v) is 7.20. The molecule has 7 nitrogen and oxygen atoms in total. The van der Waals surface area contributed by atoms with Gasteiger partial charge in [0.05, 0.1) is 18.9 Å². The van der Waals surface area contributed by atoms with E-state index < -0.39 is 11.4 Å². The molecule has 0 bridgehead atoms. The minimum Gasteiger partial charge on any atom is -0.497 e. The maximum absolute atomic E-state index is 12.6. The highest BCUT2D eigenvalue weighted by molar-refractivity contribution is 5.88. The lowest BCUT2D eigenvalue weighted by Crippen LogP contribution is -2.33. The minimum absolute atomic E-state index is 0. The summed E-state index contributed by atoms with van der Waals surface area (Å²) in [6, 6.07) is 7.40. The molecular weight excluding hydrogens is 456 g/mol. The first-order valence-corrected chi connectivity index (χ1v) is 11.8. The Labute approximate surface area is 206 Å². The Morgan fingerprint density at radius 1 is 1.21 bits per heavy atom. The monoisotopic (exact) mass is 490 g/mol. The van der Waals surface area contributed by atoms with Gasteiger partial charge in [-0.3, -0.25) is 4.79 Å². The molecule has 2 heterocycles. The molecule has 2 aliphatic rings. The van der Waals surface area contributed by atoms with Crippen molar-refractivity contribution in [2.45, 2.75) is 64.0 Å². The molecule has 8 heteroatoms. The van der Waals surface area contributed by atoms with Crippen molar-refractivity contribution in [3.8, 4) is 17.0 Å². The molecule has 34 heavy (non-hydrogen) atoms. The predicted octanol–water partition coefficient (Wildman–Crippen LogP) is 4.62. The van der Waals surface area contributed by atoms with Gasteiger partial charge in [-0.15, -0.1) is 12.4 Å². The van der Waals surface area contributed by atoms with Crippen LogP contribution in [0.4, 0.5) is 0 Å². The van der Waals surface area contributed by atoms with E-state index in [0.29, 0.717) is 12.4 Å². The van der Waals surface area contributed by atoms with Gasteiger partial charge in [0, 0.05) is 36.4 Å². The average molecular weight is 491 g/mol. The molecule has 4 rings (SSSR count).